The fourth-order valence-corrected chi connectivity index (χ4v) is 10.6. The fraction of sp³-hybridized carbons (Fsp3) is 0. The van der Waals surface area contributed by atoms with E-state index in [0.717, 1.165) is 64.6 Å². The minimum absolute atomic E-state index is 0.109. The van der Waals surface area contributed by atoms with Crippen molar-refractivity contribution in [1.82, 2.24) is 0 Å². The van der Waals surface area contributed by atoms with E-state index in [1.54, 1.807) is 0 Å². The van der Waals surface area contributed by atoms with Gasteiger partial charge in [-0.1, -0.05) is 176 Å². The lowest BCUT2D eigenvalue weighted by Crippen LogP contribution is -2.61. The van der Waals surface area contributed by atoms with E-state index in [9.17, 15) is 11.0 Å². The zero-order valence-electron chi connectivity index (χ0n) is 42.4. The van der Waals surface area contributed by atoms with Crippen LogP contribution in [0.15, 0.2) is 212 Å². The molecule has 0 saturated carbocycles. The minimum atomic E-state index is -1.10. The van der Waals surface area contributed by atoms with E-state index in [4.69, 9.17) is 2.74 Å². The molecular weight excluding hydrogens is 735 g/mol. The fourth-order valence-electron chi connectivity index (χ4n) is 10.6. The zero-order valence-corrected chi connectivity index (χ0v) is 32.4. The Morgan fingerprint density at radius 1 is 0.311 bits per heavy atom. The minimum Gasteiger partial charge on any atom is -0.311 e. The van der Waals surface area contributed by atoms with Gasteiger partial charge >= 0.3 is 0 Å². The van der Waals surface area contributed by atoms with Gasteiger partial charge in [-0.25, -0.2) is 0 Å². The Morgan fingerprint density at radius 2 is 0.689 bits per heavy atom. The highest BCUT2D eigenvalue weighted by Crippen LogP contribution is 2.50. The number of anilines is 6. The summed E-state index contributed by atoms with van der Waals surface area (Å²) in [5, 5.41) is 11.5. The molecule has 2 aliphatic rings. The summed E-state index contributed by atoms with van der Waals surface area (Å²) in [6.45, 7) is -1.10. The van der Waals surface area contributed by atoms with Crippen LogP contribution >= 0.6 is 0 Å². The summed E-state index contributed by atoms with van der Waals surface area (Å²) in [6.07, 6.45) is 0. The Bertz CT molecular complexity index is 4370. The number of fused-ring (bicyclic) bond motifs is 17. The number of hydrogen-bond donors (Lipinski definition) is 0. The van der Waals surface area contributed by atoms with Gasteiger partial charge in [0.25, 0.3) is 6.71 Å². The number of para-hydroxylation sites is 1. The Balaban J connectivity index is 1.20. The molecule has 2 nitrogen and oxygen atoms in total. The molecule has 2 heterocycles. The molecule has 0 unspecified atom stereocenters. The first kappa shape index (κ1) is 24.9. The van der Waals surface area contributed by atoms with Crippen LogP contribution in [-0.2, 0) is 0 Å². The molecule has 3 heteroatoms. The van der Waals surface area contributed by atoms with Crippen LogP contribution < -0.4 is 26.2 Å². The van der Waals surface area contributed by atoms with E-state index in [1.807, 2.05) is 101 Å². The van der Waals surface area contributed by atoms with Crippen molar-refractivity contribution in [2.75, 3.05) is 9.80 Å². The summed E-state index contributed by atoms with van der Waals surface area (Å²) in [5.74, 6) is 0. The molecule has 0 radical (unpaired) electrons. The van der Waals surface area contributed by atoms with Crippen molar-refractivity contribution in [2.45, 2.75) is 0 Å². The molecule has 61 heavy (non-hydrogen) atoms. The van der Waals surface area contributed by atoms with Crippen LogP contribution in [0.1, 0.15) is 13.7 Å². The average Bonchev–Trinajstić information content (AvgIpc) is 3.41. The Labute approximate surface area is 367 Å². The molecule has 12 aromatic rings. The maximum atomic E-state index is 10.3. The summed E-state index contributed by atoms with van der Waals surface area (Å²) in [6, 6.07) is 46.9. The molecular formula is C58H35BN2. The van der Waals surface area contributed by atoms with Crippen LogP contribution in [0.2, 0.25) is 0 Å². The average molecular weight is 781 g/mol. The third-order valence-corrected chi connectivity index (χ3v) is 13.0. The van der Waals surface area contributed by atoms with Gasteiger partial charge in [-0.3, -0.25) is 0 Å². The quantitative estimate of drug-likeness (QED) is 0.127. The maximum Gasteiger partial charge on any atom is 0.252 e. The number of benzene rings is 12. The molecule has 2 aliphatic heterocycles. The highest BCUT2D eigenvalue weighted by molar-refractivity contribution is 7.00. The number of rotatable bonds is 2. The summed E-state index contributed by atoms with van der Waals surface area (Å²) in [5.41, 5.74) is 3.95. The SMILES string of the molecule is [2H]c1c([2H])c([2H])c2c(c1[2H])B1c3c(cccc3N(c3cccc4c5ccccc5c5ccccc5c34)c3c1c([2H])c1c([2H])c([2H])c([2H])c([2H])c1c3[2H])N2c1cccc2c3ccccc3c3ccccc3c12. The van der Waals surface area contributed by atoms with E-state index in [0.29, 0.717) is 28.2 Å². The van der Waals surface area contributed by atoms with E-state index in [-0.39, 0.29) is 57.2 Å². The van der Waals surface area contributed by atoms with Crippen molar-refractivity contribution in [3.8, 4) is 0 Å². The van der Waals surface area contributed by atoms with Crippen LogP contribution in [0, 0.1) is 0 Å². The zero-order chi connectivity index (χ0) is 48.5. The first-order valence-corrected chi connectivity index (χ1v) is 20.5. The van der Waals surface area contributed by atoms with Gasteiger partial charge in [-0.05, 0) is 117 Å². The highest BCUT2D eigenvalue weighted by Gasteiger charge is 2.43. The van der Waals surface area contributed by atoms with Crippen molar-refractivity contribution < 1.29 is 13.7 Å². The highest BCUT2D eigenvalue weighted by atomic mass is 15.2. The molecule has 0 N–H and O–H groups in total. The molecule has 0 amide bonds. The first-order chi connectivity index (χ1) is 34.5. The van der Waals surface area contributed by atoms with Crippen LogP contribution in [0.3, 0.4) is 0 Å². The molecule has 12 aromatic carbocycles. The monoisotopic (exact) mass is 780 g/mol. The van der Waals surface area contributed by atoms with E-state index in [2.05, 4.69) is 60.7 Å². The largest absolute Gasteiger partial charge is 0.311 e. The predicted octanol–water partition coefficient (Wildman–Crippen LogP) is 13.8. The van der Waals surface area contributed by atoms with E-state index < -0.39 is 43.0 Å². The summed E-state index contributed by atoms with van der Waals surface area (Å²) < 4.78 is 95.1. The summed E-state index contributed by atoms with van der Waals surface area (Å²) >= 11 is 0. The van der Waals surface area contributed by atoms with Gasteiger partial charge in [-0.15, -0.1) is 0 Å². The lowest BCUT2D eigenvalue weighted by atomic mass is 9.33. The second-order valence-electron chi connectivity index (χ2n) is 15.9. The summed E-state index contributed by atoms with van der Waals surface area (Å²) in [4.78, 5) is 3.93. The molecule has 0 fully saturated rings. The van der Waals surface area contributed by atoms with Crippen LogP contribution in [0.4, 0.5) is 34.1 Å². The van der Waals surface area contributed by atoms with Crippen molar-refractivity contribution in [1.29, 1.82) is 0 Å². The first-order valence-electron chi connectivity index (χ1n) is 25.5. The topological polar surface area (TPSA) is 6.48 Å². The van der Waals surface area contributed by atoms with Crippen molar-refractivity contribution >= 4 is 133 Å². The van der Waals surface area contributed by atoms with E-state index in [1.165, 1.54) is 0 Å². The Kier molecular flexibility index (Phi) is 5.03. The van der Waals surface area contributed by atoms with Gasteiger partial charge in [0.1, 0.15) is 0 Å². The standard InChI is InChI=1S/C58H35BN2/c1-2-17-37-35-55-49(34-36(37)16-1)59-48-28-11-12-29-50(48)60(51-30-13-26-46-42-20-5-3-18-38(42)40-22-7-9-24-44(40)56(46)51)53-32-15-33-54(58(53)59)61(55)52-31-14-27-47-43-21-6-4-19-39(43)41-23-8-10-25-45(41)57(47)52/h1-35H/i1D,2D,11D,12D,16D,17D,28D,29D,34D,35D. The van der Waals surface area contributed by atoms with Crippen molar-refractivity contribution in [2.24, 2.45) is 0 Å². The molecule has 0 spiro atoms. The lowest BCUT2D eigenvalue weighted by Gasteiger charge is -2.44. The normalized spacial score (nSPS) is 15.4. The van der Waals surface area contributed by atoms with Gasteiger partial charge in [0.2, 0.25) is 0 Å². The number of hydrogen-bond acceptors (Lipinski definition) is 2. The molecule has 14 rings (SSSR count). The van der Waals surface area contributed by atoms with Crippen LogP contribution in [-0.4, -0.2) is 6.71 Å². The Hall–Kier alpha value is -7.88. The molecule has 0 aliphatic carbocycles. The molecule has 280 valence electrons. The smallest absolute Gasteiger partial charge is 0.252 e. The van der Waals surface area contributed by atoms with Crippen LogP contribution in [0.25, 0.3) is 75.4 Å². The van der Waals surface area contributed by atoms with Gasteiger partial charge < -0.3 is 9.80 Å². The third kappa shape index (κ3) is 4.42. The van der Waals surface area contributed by atoms with Gasteiger partial charge in [-0.2, -0.15) is 0 Å². The third-order valence-electron chi connectivity index (χ3n) is 13.0. The number of nitrogens with zero attached hydrogens (tertiary/aromatic N) is 2. The van der Waals surface area contributed by atoms with E-state index >= 15 is 0 Å². The van der Waals surface area contributed by atoms with Crippen molar-refractivity contribution in [3.63, 3.8) is 0 Å². The molecule has 0 aromatic heterocycles. The lowest BCUT2D eigenvalue weighted by molar-refractivity contribution is 1.27. The van der Waals surface area contributed by atoms with Gasteiger partial charge in [0.05, 0.1) is 25.1 Å². The van der Waals surface area contributed by atoms with Gasteiger partial charge in [0, 0.05) is 33.5 Å². The maximum absolute atomic E-state index is 10.3. The summed E-state index contributed by atoms with van der Waals surface area (Å²) in [7, 11) is 0. The van der Waals surface area contributed by atoms with Crippen LogP contribution in [0.5, 0.6) is 0 Å². The molecule has 0 saturated heterocycles. The molecule has 0 atom stereocenters. The predicted molar refractivity (Wildman–Crippen MR) is 263 cm³/mol. The molecule has 0 bridgehead atoms. The second kappa shape index (κ2) is 12.3. The Morgan fingerprint density at radius 3 is 1.21 bits per heavy atom. The van der Waals surface area contributed by atoms with Gasteiger partial charge in [0.15, 0.2) is 0 Å². The van der Waals surface area contributed by atoms with Crippen molar-refractivity contribution in [3.05, 3.63) is 212 Å². The second-order valence-corrected chi connectivity index (χ2v) is 15.9.